The minimum absolute atomic E-state index is 0.166. The van der Waals surface area contributed by atoms with Gasteiger partial charge in [0.25, 0.3) is 0 Å². The van der Waals surface area contributed by atoms with E-state index in [0.29, 0.717) is 28.6 Å². The number of nitrogens with zero attached hydrogens (tertiary/aromatic N) is 2. The molecule has 3 rings (SSSR count). The number of thiazole rings is 1. The summed E-state index contributed by atoms with van der Waals surface area (Å²) < 4.78 is 43.1. The van der Waals surface area contributed by atoms with Gasteiger partial charge in [0.15, 0.2) is 0 Å². The van der Waals surface area contributed by atoms with E-state index >= 15 is 0 Å². The first-order valence-electron chi connectivity index (χ1n) is 8.99. The van der Waals surface area contributed by atoms with Crippen LogP contribution < -0.4 is 10.1 Å². The van der Waals surface area contributed by atoms with Crippen molar-refractivity contribution >= 4 is 22.9 Å². The van der Waals surface area contributed by atoms with Gasteiger partial charge in [-0.1, -0.05) is 12.1 Å². The molecule has 0 bridgehead atoms. The Morgan fingerprint density at radius 1 is 1.13 bits per heavy atom. The van der Waals surface area contributed by atoms with Crippen molar-refractivity contribution in [1.82, 2.24) is 9.88 Å². The molecular formula is C21H20F3N3O2S. The Labute approximate surface area is 176 Å². The third kappa shape index (κ3) is 5.80. The van der Waals surface area contributed by atoms with Crippen molar-refractivity contribution < 1.29 is 22.7 Å². The highest BCUT2D eigenvalue weighted by molar-refractivity contribution is 7.13. The lowest BCUT2D eigenvalue weighted by molar-refractivity contribution is -0.137. The second-order valence-corrected chi connectivity index (χ2v) is 7.53. The molecule has 0 atom stereocenters. The number of amides is 1. The van der Waals surface area contributed by atoms with Gasteiger partial charge in [0, 0.05) is 23.2 Å². The number of benzene rings is 2. The molecule has 9 heteroatoms. The lowest BCUT2D eigenvalue weighted by atomic mass is 10.1. The average molecular weight is 435 g/mol. The molecule has 0 unspecified atom stereocenters. The van der Waals surface area contributed by atoms with Crippen LogP contribution >= 0.6 is 11.3 Å². The number of anilines is 1. The number of rotatable bonds is 7. The summed E-state index contributed by atoms with van der Waals surface area (Å²) in [6.45, 7) is 0.604. The fourth-order valence-corrected chi connectivity index (χ4v) is 3.58. The SMILES string of the molecule is COc1ccc(NC(=O)CN(C)Cc2csc(-c3ccc(C(F)(F)F)cc3)n2)cc1. The van der Waals surface area contributed by atoms with Crippen molar-refractivity contribution in [2.75, 3.05) is 26.0 Å². The number of hydrogen-bond acceptors (Lipinski definition) is 5. The number of likely N-dealkylation sites (N-methyl/N-ethyl adjacent to an activating group) is 1. The van der Waals surface area contributed by atoms with Crippen LogP contribution in [0.2, 0.25) is 0 Å². The Balaban J connectivity index is 1.55. The molecule has 1 heterocycles. The summed E-state index contributed by atoms with van der Waals surface area (Å²) in [5, 5.41) is 5.28. The molecule has 0 spiro atoms. The molecule has 0 saturated carbocycles. The van der Waals surface area contributed by atoms with Crippen molar-refractivity contribution in [3.63, 3.8) is 0 Å². The Bertz CT molecular complexity index is 986. The predicted molar refractivity (Wildman–Crippen MR) is 111 cm³/mol. The van der Waals surface area contributed by atoms with E-state index in [2.05, 4.69) is 10.3 Å². The summed E-state index contributed by atoms with van der Waals surface area (Å²) in [6, 6.07) is 12.0. The van der Waals surface area contributed by atoms with Crippen LogP contribution in [0, 0.1) is 0 Å². The van der Waals surface area contributed by atoms with Gasteiger partial charge in [-0.3, -0.25) is 9.69 Å². The molecule has 158 valence electrons. The average Bonchev–Trinajstić information content (AvgIpc) is 3.16. The fourth-order valence-electron chi connectivity index (χ4n) is 2.77. The normalized spacial score (nSPS) is 11.5. The minimum atomic E-state index is -4.36. The van der Waals surface area contributed by atoms with Crippen LogP contribution in [0.15, 0.2) is 53.9 Å². The van der Waals surface area contributed by atoms with Gasteiger partial charge in [0.05, 0.1) is 24.9 Å². The maximum atomic E-state index is 12.7. The van der Waals surface area contributed by atoms with Crippen molar-refractivity contribution in [3.8, 4) is 16.3 Å². The van der Waals surface area contributed by atoms with Crippen molar-refractivity contribution in [2.24, 2.45) is 0 Å². The topological polar surface area (TPSA) is 54.5 Å². The van der Waals surface area contributed by atoms with E-state index in [9.17, 15) is 18.0 Å². The zero-order chi connectivity index (χ0) is 21.7. The van der Waals surface area contributed by atoms with Crippen LogP contribution in [0.1, 0.15) is 11.3 Å². The van der Waals surface area contributed by atoms with E-state index in [0.717, 1.165) is 17.8 Å². The van der Waals surface area contributed by atoms with E-state index in [1.54, 1.807) is 38.4 Å². The largest absolute Gasteiger partial charge is 0.497 e. The molecule has 0 aliphatic heterocycles. The number of nitrogens with one attached hydrogen (secondary N) is 1. The summed E-state index contributed by atoms with van der Waals surface area (Å²) in [5.41, 5.74) is 1.35. The maximum Gasteiger partial charge on any atom is 0.416 e. The van der Waals surface area contributed by atoms with Crippen LogP contribution in [-0.4, -0.2) is 36.5 Å². The van der Waals surface area contributed by atoms with E-state index in [4.69, 9.17) is 4.74 Å². The second-order valence-electron chi connectivity index (χ2n) is 6.67. The molecule has 1 aromatic heterocycles. The molecule has 5 nitrogen and oxygen atoms in total. The van der Waals surface area contributed by atoms with Gasteiger partial charge in [-0.15, -0.1) is 11.3 Å². The Morgan fingerprint density at radius 2 is 1.80 bits per heavy atom. The summed E-state index contributed by atoms with van der Waals surface area (Å²) in [7, 11) is 3.37. The van der Waals surface area contributed by atoms with E-state index in [1.165, 1.54) is 23.5 Å². The first kappa shape index (κ1) is 21.8. The van der Waals surface area contributed by atoms with E-state index < -0.39 is 11.7 Å². The molecule has 2 aromatic carbocycles. The van der Waals surface area contributed by atoms with Gasteiger partial charge in [0.1, 0.15) is 10.8 Å². The Morgan fingerprint density at radius 3 is 2.40 bits per heavy atom. The number of carbonyl (C=O) groups is 1. The van der Waals surface area contributed by atoms with Gasteiger partial charge < -0.3 is 10.1 Å². The molecule has 1 amide bonds. The molecular weight excluding hydrogens is 415 g/mol. The van der Waals surface area contributed by atoms with Gasteiger partial charge in [0.2, 0.25) is 5.91 Å². The number of methoxy groups -OCH3 is 1. The molecule has 3 aromatic rings. The number of ether oxygens (including phenoxy) is 1. The van der Waals surface area contributed by atoms with Crippen LogP contribution in [0.3, 0.4) is 0 Å². The highest BCUT2D eigenvalue weighted by Crippen LogP contribution is 2.31. The Kier molecular flexibility index (Phi) is 6.73. The van der Waals surface area contributed by atoms with E-state index in [-0.39, 0.29) is 12.5 Å². The third-order valence-electron chi connectivity index (χ3n) is 4.23. The molecule has 0 aliphatic rings. The summed E-state index contributed by atoms with van der Waals surface area (Å²) in [4.78, 5) is 18.5. The summed E-state index contributed by atoms with van der Waals surface area (Å²) >= 11 is 1.35. The van der Waals surface area contributed by atoms with Gasteiger partial charge in [-0.25, -0.2) is 4.98 Å². The zero-order valence-electron chi connectivity index (χ0n) is 16.4. The van der Waals surface area contributed by atoms with Crippen LogP contribution in [0.25, 0.3) is 10.6 Å². The molecule has 0 fully saturated rings. The molecule has 1 N–H and O–H groups in total. The Hall–Kier alpha value is -2.91. The fraction of sp³-hybridized carbons (Fsp3) is 0.238. The highest BCUT2D eigenvalue weighted by Gasteiger charge is 2.30. The lowest BCUT2D eigenvalue weighted by Gasteiger charge is -2.15. The minimum Gasteiger partial charge on any atom is -0.497 e. The third-order valence-corrected chi connectivity index (χ3v) is 5.17. The maximum absolute atomic E-state index is 12.7. The zero-order valence-corrected chi connectivity index (χ0v) is 17.2. The molecule has 0 aliphatic carbocycles. The van der Waals surface area contributed by atoms with E-state index in [1.807, 2.05) is 10.3 Å². The van der Waals surface area contributed by atoms with Crippen molar-refractivity contribution in [2.45, 2.75) is 12.7 Å². The number of aromatic nitrogens is 1. The highest BCUT2D eigenvalue weighted by atomic mass is 32.1. The van der Waals surface area contributed by atoms with Gasteiger partial charge >= 0.3 is 6.18 Å². The standard InChI is InChI=1S/C21H20F3N3O2S/c1-27(12-19(28)25-16-7-9-18(29-2)10-8-16)11-17-13-30-20(26-17)14-3-5-15(6-4-14)21(22,23)24/h3-10,13H,11-12H2,1-2H3,(H,25,28). The quantitative estimate of drug-likeness (QED) is 0.573. The van der Waals surface area contributed by atoms with Gasteiger partial charge in [-0.05, 0) is 43.4 Å². The molecule has 30 heavy (non-hydrogen) atoms. The smallest absolute Gasteiger partial charge is 0.416 e. The summed E-state index contributed by atoms with van der Waals surface area (Å²) in [6.07, 6.45) is -4.36. The van der Waals surface area contributed by atoms with Crippen molar-refractivity contribution in [1.29, 1.82) is 0 Å². The van der Waals surface area contributed by atoms with Crippen LogP contribution in [-0.2, 0) is 17.5 Å². The molecule has 0 radical (unpaired) electrons. The second kappa shape index (κ2) is 9.27. The first-order chi connectivity index (χ1) is 14.2. The number of halogens is 3. The first-order valence-corrected chi connectivity index (χ1v) is 9.87. The number of alkyl halides is 3. The van der Waals surface area contributed by atoms with Crippen molar-refractivity contribution in [3.05, 3.63) is 65.2 Å². The van der Waals surface area contributed by atoms with Crippen LogP contribution in [0.5, 0.6) is 5.75 Å². The van der Waals surface area contributed by atoms with Crippen LogP contribution in [0.4, 0.5) is 18.9 Å². The monoisotopic (exact) mass is 435 g/mol. The number of carbonyl (C=O) groups excluding carboxylic acids is 1. The van der Waals surface area contributed by atoms with Gasteiger partial charge in [-0.2, -0.15) is 13.2 Å². The number of hydrogen-bond donors (Lipinski definition) is 1. The molecule has 0 saturated heterocycles. The lowest BCUT2D eigenvalue weighted by Crippen LogP contribution is -2.29. The summed E-state index contributed by atoms with van der Waals surface area (Å²) in [5.74, 6) is 0.540. The predicted octanol–water partition coefficient (Wildman–Crippen LogP) is 4.91.